The van der Waals surface area contributed by atoms with E-state index in [9.17, 15) is 8.42 Å². The van der Waals surface area contributed by atoms with E-state index >= 15 is 0 Å². The molecule has 0 unspecified atom stereocenters. The van der Waals surface area contributed by atoms with Crippen molar-refractivity contribution >= 4 is 31.8 Å². The third-order valence-electron chi connectivity index (χ3n) is 5.39. The number of sulfonamides is 1. The van der Waals surface area contributed by atoms with Gasteiger partial charge in [-0.1, -0.05) is 30.3 Å². The molecule has 154 valence electrons. The predicted molar refractivity (Wildman–Crippen MR) is 116 cm³/mol. The first kappa shape index (κ1) is 19.1. The van der Waals surface area contributed by atoms with E-state index in [4.69, 9.17) is 9.47 Å². The number of H-pyrrole nitrogens is 1. The number of ether oxygens (including phenoxy) is 2. The van der Waals surface area contributed by atoms with Crippen LogP contribution in [0.3, 0.4) is 0 Å². The second-order valence-electron chi connectivity index (χ2n) is 7.33. The Hall–Kier alpha value is -2.87. The molecule has 6 nitrogen and oxygen atoms in total. The molecule has 3 aromatic carbocycles. The van der Waals surface area contributed by atoms with E-state index in [1.807, 2.05) is 36.4 Å². The summed E-state index contributed by atoms with van der Waals surface area (Å²) in [4.78, 5) is 3.70. The second kappa shape index (κ2) is 7.75. The number of hydrogen-bond acceptors (Lipinski definition) is 4. The lowest BCUT2D eigenvalue weighted by Crippen LogP contribution is -2.40. The van der Waals surface area contributed by atoms with Crippen molar-refractivity contribution in [1.82, 2.24) is 9.29 Å². The van der Waals surface area contributed by atoms with Gasteiger partial charge in [-0.25, -0.2) is 8.42 Å². The minimum atomic E-state index is -3.52. The molecule has 5 rings (SSSR count). The minimum Gasteiger partial charge on any atom is -0.489 e. The number of aromatic amines is 1. The van der Waals surface area contributed by atoms with Gasteiger partial charge in [0, 0.05) is 35.4 Å². The van der Waals surface area contributed by atoms with Crippen LogP contribution in [-0.2, 0) is 21.4 Å². The number of para-hydroxylation sites is 1. The molecule has 4 aromatic rings. The van der Waals surface area contributed by atoms with E-state index in [1.165, 1.54) is 9.69 Å². The van der Waals surface area contributed by atoms with Gasteiger partial charge in [-0.05, 0) is 35.9 Å². The Morgan fingerprint density at radius 3 is 2.57 bits per heavy atom. The zero-order chi connectivity index (χ0) is 20.6. The maximum absolute atomic E-state index is 12.9. The molecule has 0 saturated carbocycles. The minimum absolute atomic E-state index is 0.288. The molecule has 1 aliphatic heterocycles. The molecule has 1 aromatic heterocycles. The Morgan fingerprint density at radius 1 is 0.900 bits per heavy atom. The number of nitrogens with one attached hydrogen (secondary N) is 1. The van der Waals surface area contributed by atoms with Crippen molar-refractivity contribution in [3.8, 4) is 5.75 Å². The lowest BCUT2D eigenvalue weighted by atomic mass is 10.1. The van der Waals surface area contributed by atoms with Crippen molar-refractivity contribution in [2.45, 2.75) is 11.5 Å². The predicted octanol–water partition coefficient (Wildman–Crippen LogP) is 3.92. The van der Waals surface area contributed by atoms with Crippen molar-refractivity contribution in [2.75, 3.05) is 26.3 Å². The topological polar surface area (TPSA) is 71.6 Å². The first-order chi connectivity index (χ1) is 14.6. The van der Waals surface area contributed by atoms with E-state index < -0.39 is 10.0 Å². The van der Waals surface area contributed by atoms with Gasteiger partial charge in [-0.15, -0.1) is 0 Å². The average molecular weight is 423 g/mol. The zero-order valence-electron chi connectivity index (χ0n) is 16.4. The molecule has 0 radical (unpaired) electrons. The standard InChI is InChI=1S/C23H22N2O4S/c26-30(27,25-10-12-28-13-11-25)19-5-3-4-17(14-19)16-29-18-8-9-21-20-6-1-2-7-22(20)24-23(21)15-18/h1-9,14-15,24H,10-13,16H2. The van der Waals surface area contributed by atoms with Crippen LogP contribution in [0, 0.1) is 0 Å². The zero-order valence-corrected chi connectivity index (χ0v) is 17.2. The largest absolute Gasteiger partial charge is 0.489 e. The highest BCUT2D eigenvalue weighted by Crippen LogP contribution is 2.28. The number of rotatable bonds is 5. The fourth-order valence-electron chi connectivity index (χ4n) is 3.82. The fraction of sp³-hybridized carbons (Fsp3) is 0.217. The summed E-state index contributed by atoms with van der Waals surface area (Å²) in [5.41, 5.74) is 2.91. The molecular weight excluding hydrogens is 400 g/mol. The Balaban J connectivity index is 1.35. The van der Waals surface area contributed by atoms with Gasteiger partial charge in [0.1, 0.15) is 12.4 Å². The molecule has 2 heterocycles. The van der Waals surface area contributed by atoms with Gasteiger partial charge < -0.3 is 14.5 Å². The molecule has 0 aliphatic carbocycles. The number of hydrogen-bond donors (Lipinski definition) is 1. The number of morpholine rings is 1. The third-order valence-corrected chi connectivity index (χ3v) is 7.28. The highest BCUT2D eigenvalue weighted by molar-refractivity contribution is 7.89. The first-order valence-corrected chi connectivity index (χ1v) is 11.4. The molecular formula is C23H22N2O4S. The van der Waals surface area contributed by atoms with E-state index in [0.29, 0.717) is 26.3 Å². The third kappa shape index (κ3) is 3.56. The van der Waals surface area contributed by atoms with Gasteiger partial charge in [-0.3, -0.25) is 0 Å². The summed E-state index contributed by atoms with van der Waals surface area (Å²) in [5.74, 6) is 0.732. The summed E-state index contributed by atoms with van der Waals surface area (Å²) < 4.78 is 38.4. The highest BCUT2D eigenvalue weighted by atomic mass is 32.2. The molecule has 7 heteroatoms. The van der Waals surface area contributed by atoms with Crippen LogP contribution in [0.2, 0.25) is 0 Å². The monoisotopic (exact) mass is 422 g/mol. The first-order valence-electron chi connectivity index (χ1n) is 9.91. The van der Waals surface area contributed by atoms with Gasteiger partial charge in [0.05, 0.1) is 23.6 Å². The Labute approximate surface area is 175 Å². The maximum atomic E-state index is 12.9. The smallest absolute Gasteiger partial charge is 0.243 e. The summed E-state index contributed by atoms with van der Waals surface area (Å²) in [7, 11) is -3.52. The normalized spacial score (nSPS) is 15.6. The van der Waals surface area contributed by atoms with Crippen molar-refractivity contribution in [1.29, 1.82) is 0 Å². The number of aromatic nitrogens is 1. The molecule has 1 N–H and O–H groups in total. The Bertz CT molecular complexity index is 1310. The van der Waals surface area contributed by atoms with Crippen LogP contribution in [0.15, 0.2) is 71.6 Å². The average Bonchev–Trinajstić information content (AvgIpc) is 3.16. The van der Waals surface area contributed by atoms with Crippen LogP contribution in [-0.4, -0.2) is 44.0 Å². The van der Waals surface area contributed by atoms with E-state index in [2.05, 4.69) is 17.1 Å². The summed E-state index contributed by atoms with van der Waals surface area (Å²) in [6.45, 7) is 1.91. The fourth-order valence-corrected chi connectivity index (χ4v) is 5.30. The van der Waals surface area contributed by atoms with E-state index in [0.717, 1.165) is 27.7 Å². The summed E-state index contributed by atoms with van der Waals surface area (Å²) in [5, 5.41) is 2.33. The maximum Gasteiger partial charge on any atom is 0.243 e. The van der Waals surface area contributed by atoms with Crippen LogP contribution in [0.1, 0.15) is 5.56 Å². The van der Waals surface area contributed by atoms with E-state index in [-0.39, 0.29) is 11.5 Å². The molecule has 30 heavy (non-hydrogen) atoms. The molecule has 1 saturated heterocycles. The van der Waals surface area contributed by atoms with Gasteiger partial charge >= 0.3 is 0 Å². The molecule has 0 spiro atoms. The van der Waals surface area contributed by atoms with Crippen molar-refractivity contribution in [3.63, 3.8) is 0 Å². The van der Waals surface area contributed by atoms with Crippen molar-refractivity contribution < 1.29 is 17.9 Å². The van der Waals surface area contributed by atoms with Crippen LogP contribution in [0.5, 0.6) is 5.75 Å². The van der Waals surface area contributed by atoms with Crippen molar-refractivity contribution in [3.05, 3.63) is 72.3 Å². The van der Waals surface area contributed by atoms with Crippen LogP contribution >= 0.6 is 0 Å². The van der Waals surface area contributed by atoms with Gasteiger partial charge in [0.15, 0.2) is 0 Å². The van der Waals surface area contributed by atoms with Gasteiger partial charge in [0.2, 0.25) is 10.0 Å². The summed E-state index contributed by atoms with van der Waals surface area (Å²) in [6.07, 6.45) is 0. The van der Waals surface area contributed by atoms with E-state index in [1.54, 1.807) is 18.2 Å². The van der Waals surface area contributed by atoms with Crippen LogP contribution in [0.25, 0.3) is 21.8 Å². The highest BCUT2D eigenvalue weighted by Gasteiger charge is 2.26. The number of fused-ring (bicyclic) bond motifs is 3. The Kier molecular flexibility index (Phi) is 4.94. The number of benzene rings is 3. The van der Waals surface area contributed by atoms with Crippen LogP contribution < -0.4 is 4.74 Å². The summed E-state index contributed by atoms with van der Waals surface area (Å²) >= 11 is 0. The van der Waals surface area contributed by atoms with Gasteiger partial charge in [0.25, 0.3) is 0 Å². The summed E-state index contributed by atoms with van der Waals surface area (Å²) in [6, 6.07) is 21.1. The molecule has 0 bridgehead atoms. The second-order valence-corrected chi connectivity index (χ2v) is 9.27. The number of nitrogens with zero attached hydrogens (tertiary/aromatic N) is 1. The lowest BCUT2D eigenvalue weighted by molar-refractivity contribution is 0.0730. The lowest BCUT2D eigenvalue weighted by Gasteiger charge is -2.26. The molecule has 0 atom stereocenters. The molecule has 0 amide bonds. The quantitative estimate of drug-likeness (QED) is 0.529. The van der Waals surface area contributed by atoms with Crippen LogP contribution in [0.4, 0.5) is 0 Å². The molecule has 1 aliphatic rings. The van der Waals surface area contributed by atoms with Crippen molar-refractivity contribution in [2.24, 2.45) is 0 Å². The SMILES string of the molecule is O=S(=O)(c1cccc(COc2ccc3c(c2)[nH]c2ccccc23)c1)N1CCOCC1. The Morgan fingerprint density at radius 2 is 1.70 bits per heavy atom. The van der Waals surface area contributed by atoms with Gasteiger partial charge in [-0.2, -0.15) is 4.31 Å². The molecule has 1 fully saturated rings.